The van der Waals surface area contributed by atoms with Crippen molar-refractivity contribution < 1.29 is 32.3 Å². The van der Waals surface area contributed by atoms with Gasteiger partial charge in [0.25, 0.3) is 5.91 Å². The first-order chi connectivity index (χ1) is 23.6. The molecule has 2 aliphatic carbocycles. The Bertz CT molecular complexity index is 1920. The number of likely N-dealkylation sites (N-methyl/N-ethyl adjacent to an activating group) is 1. The number of carbonyl (C=O) groups excluding carboxylic acids is 3. The number of hydrogen-bond donors (Lipinski definition) is 2. The van der Waals surface area contributed by atoms with E-state index in [0.717, 1.165) is 30.2 Å². The smallest absolute Gasteiger partial charge is 0.319 e. The molecule has 12 nitrogen and oxygen atoms in total. The summed E-state index contributed by atoms with van der Waals surface area (Å²) in [4.78, 5) is 49.3. The molecule has 0 spiro atoms. The Morgan fingerprint density at radius 2 is 1.90 bits per heavy atom. The molecule has 3 heterocycles. The molecule has 4 aliphatic rings. The van der Waals surface area contributed by atoms with Crippen molar-refractivity contribution in [3.05, 3.63) is 66.7 Å². The predicted octanol–water partition coefficient (Wildman–Crippen LogP) is 4.01. The maximum Gasteiger partial charge on any atom is 0.319 e. The SMILES string of the molecule is COc1ccc2c(OC[C@@H]3C[C@H]4C(=O)N(C)CCCC/C=C\[C@H]5C[C@]5(C(=O)NS(=O)(=O)C5CC5)NC(=O)N34)cc(-c3ccccc3)nc2c1. The van der Waals surface area contributed by atoms with Crippen LogP contribution in [0.2, 0.25) is 0 Å². The van der Waals surface area contributed by atoms with Gasteiger partial charge in [0.1, 0.15) is 29.7 Å². The van der Waals surface area contributed by atoms with Crippen LogP contribution in [-0.4, -0.2) is 91.2 Å². The zero-order chi connectivity index (χ0) is 34.3. The van der Waals surface area contributed by atoms with E-state index in [4.69, 9.17) is 14.5 Å². The molecule has 0 unspecified atom stereocenters. The van der Waals surface area contributed by atoms with Crippen LogP contribution in [0.25, 0.3) is 22.2 Å². The highest BCUT2D eigenvalue weighted by atomic mass is 32.2. The van der Waals surface area contributed by atoms with Crippen LogP contribution in [0.15, 0.2) is 66.7 Å². The summed E-state index contributed by atoms with van der Waals surface area (Å²) in [7, 11) is -0.499. The maximum absolute atomic E-state index is 14.1. The molecule has 13 heteroatoms. The fraction of sp³-hybridized carbons (Fsp3) is 0.444. The van der Waals surface area contributed by atoms with E-state index in [1.807, 2.05) is 66.7 Å². The van der Waals surface area contributed by atoms with Gasteiger partial charge in [0.05, 0.1) is 29.6 Å². The zero-order valence-electron chi connectivity index (χ0n) is 27.6. The summed E-state index contributed by atoms with van der Waals surface area (Å²) in [5.41, 5.74) is 0.865. The number of urea groups is 1. The van der Waals surface area contributed by atoms with Crippen LogP contribution in [0.3, 0.4) is 0 Å². The van der Waals surface area contributed by atoms with Crippen molar-refractivity contribution in [3.8, 4) is 22.8 Å². The summed E-state index contributed by atoms with van der Waals surface area (Å²) in [5.74, 6) is -0.0734. The molecule has 1 saturated heterocycles. The van der Waals surface area contributed by atoms with Crippen molar-refractivity contribution in [2.45, 2.75) is 67.8 Å². The number of carbonyl (C=O) groups is 3. The molecular weight excluding hydrogens is 646 g/mol. The van der Waals surface area contributed by atoms with Crippen LogP contribution in [0, 0.1) is 5.92 Å². The molecule has 2 aromatic carbocycles. The molecule has 2 aliphatic heterocycles. The molecule has 258 valence electrons. The second-order valence-corrected chi connectivity index (χ2v) is 15.4. The van der Waals surface area contributed by atoms with E-state index in [9.17, 15) is 22.8 Å². The van der Waals surface area contributed by atoms with E-state index >= 15 is 0 Å². The van der Waals surface area contributed by atoms with E-state index in [1.165, 1.54) is 4.90 Å². The standard InChI is InChI=1S/C36H41N5O7S/c1-40-17-9-4-3-8-12-24-21-36(24,34(43)39-49(45,46)27-14-15-27)38-35(44)41-25(18-31(41)33(40)42)22-48-32-20-29(23-10-6-5-7-11-23)37-30-19-26(47-2)13-16-28(30)32/h5-8,10-13,16,19-20,24-25,27,31H,3-4,9,14-15,17-18,21-22H2,1-2H3,(H,38,44)(H,39,43)/b12-8-/t24-,25-,31-,36-/m0/s1. The van der Waals surface area contributed by atoms with Crippen molar-refractivity contribution >= 4 is 38.8 Å². The largest absolute Gasteiger partial charge is 0.497 e. The summed E-state index contributed by atoms with van der Waals surface area (Å²) < 4.78 is 39.6. The monoisotopic (exact) mass is 687 g/mol. The van der Waals surface area contributed by atoms with Crippen LogP contribution in [0.1, 0.15) is 44.9 Å². The number of nitrogens with one attached hydrogen (secondary N) is 2. The maximum atomic E-state index is 14.1. The van der Waals surface area contributed by atoms with Gasteiger partial charge in [-0.25, -0.2) is 18.2 Å². The van der Waals surface area contributed by atoms with Crippen molar-refractivity contribution in [2.75, 3.05) is 27.3 Å². The molecule has 4 amide bonds. The minimum atomic E-state index is -3.83. The molecule has 0 bridgehead atoms. The Hall–Kier alpha value is -4.65. The van der Waals surface area contributed by atoms with E-state index in [1.54, 1.807) is 19.1 Å². The third-order valence-electron chi connectivity index (χ3n) is 10.0. The number of pyridine rings is 1. The number of fused-ring (bicyclic) bond motifs is 3. The predicted molar refractivity (Wildman–Crippen MR) is 183 cm³/mol. The van der Waals surface area contributed by atoms with Gasteiger partial charge >= 0.3 is 6.03 Å². The highest BCUT2D eigenvalue weighted by Gasteiger charge is 2.62. The van der Waals surface area contributed by atoms with Crippen molar-refractivity contribution in [2.24, 2.45) is 5.92 Å². The first-order valence-electron chi connectivity index (χ1n) is 16.8. The number of allylic oxidation sites excluding steroid dienone is 1. The minimum Gasteiger partial charge on any atom is -0.497 e. The summed E-state index contributed by atoms with van der Waals surface area (Å²) in [6.45, 7) is 0.641. The Balaban J connectivity index is 1.16. The Morgan fingerprint density at radius 3 is 2.65 bits per heavy atom. The van der Waals surface area contributed by atoms with E-state index in [-0.39, 0.29) is 24.9 Å². The van der Waals surface area contributed by atoms with E-state index in [2.05, 4.69) is 10.0 Å². The third kappa shape index (κ3) is 6.55. The fourth-order valence-electron chi connectivity index (χ4n) is 6.80. The molecule has 1 aromatic heterocycles. The van der Waals surface area contributed by atoms with Gasteiger partial charge in [-0.3, -0.25) is 14.3 Å². The lowest BCUT2D eigenvalue weighted by molar-refractivity contribution is -0.142. The number of methoxy groups -OCH3 is 1. The zero-order valence-corrected chi connectivity index (χ0v) is 28.4. The van der Waals surface area contributed by atoms with Crippen molar-refractivity contribution in [1.29, 1.82) is 0 Å². The van der Waals surface area contributed by atoms with Crippen LogP contribution in [0.5, 0.6) is 11.5 Å². The lowest BCUT2D eigenvalue weighted by atomic mass is 9.92. The Morgan fingerprint density at radius 1 is 1.10 bits per heavy atom. The molecule has 3 aromatic rings. The van der Waals surface area contributed by atoms with Gasteiger partial charge in [-0.05, 0) is 50.7 Å². The molecular formula is C36H41N5O7S. The third-order valence-corrected chi connectivity index (χ3v) is 11.8. The van der Waals surface area contributed by atoms with Crippen LogP contribution < -0.4 is 19.5 Å². The number of sulfonamides is 1. The Labute approximate surface area is 285 Å². The normalized spacial score (nSPS) is 26.4. The Kier molecular flexibility index (Phi) is 8.72. The van der Waals surface area contributed by atoms with Gasteiger partial charge < -0.3 is 24.6 Å². The van der Waals surface area contributed by atoms with Gasteiger partial charge in [0, 0.05) is 49.0 Å². The number of nitrogens with zero attached hydrogens (tertiary/aromatic N) is 3. The highest BCUT2D eigenvalue weighted by molar-refractivity contribution is 7.91. The summed E-state index contributed by atoms with van der Waals surface area (Å²) in [6, 6.07) is 15.3. The number of rotatable bonds is 8. The summed E-state index contributed by atoms with van der Waals surface area (Å²) >= 11 is 0. The number of aromatic nitrogens is 1. The lowest BCUT2D eigenvalue weighted by Crippen LogP contribution is -2.69. The molecule has 2 saturated carbocycles. The van der Waals surface area contributed by atoms with Gasteiger partial charge in [-0.1, -0.05) is 42.5 Å². The lowest BCUT2D eigenvalue weighted by Gasteiger charge is -2.48. The first kappa shape index (κ1) is 32.9. The van der Waals surface area contributed by atoms with E-state index in [0.29, 0.717) is 48.5 Å². The number of benzene rings is 2. The topological polar surface area (TPSA) is 147 Å². The second kappa shape index (κ2) is 13.0. The van der Waals surface area contributed by atoms with Crippen LogP contribution >= 0.6 is 0 Å². The first-order valence-corrected chi connectivity index (χ1v) is 18.4. The van der Waals surface area contributed by atoms with E-state index < -0.39 is 44.8 Å². The summed E-state index contributed by atoms with van der Waals surface area (Å²) in [6.07, 6.45) is 7.91. The van der Waals surface area contributed by atoms with Crippen molar-refractivity contribution in [3.63, 3.8) is 0 Å². The van der Waals surface area contributed by atoms with Crippen LogP contribution in [0.4, 0.5) is 4.79 Å². The number of ether oxygens (including phenoxy) is 2. The van der Waals surface area contributed by atoms with Gasteiger partial charge in [-0.15, -0.1) is 0 Å². The van der Waals surface area contributed by atoms with Crippen LogP contribution in [-0.2, 0) is 19.6 Å². The number of amides is 4. The minimum absolute atomic E-state index is 0.0822. The second-order valence-electron chi connectivity index (χ2n) is 13.4. The fourth-order valence-corrected chi connectivity index (χ4v) is 8.16. The van der Waals surface area contributed by atoms with Gasteiger partial charge in [0.15, 0.2) is 0 Å². The van der Waals surface area contributed by atoms with Gasteiger partial charge in [-0.2, -0.15) is 0 Å². The molecule has 49 heavy (non-hydrogen) atoms. The summed E-state index contributed by atoms with van der Waals surface area (Å²) in [5, 5.41) is 3.06. The average molecular weight is 688 g/mol. The molecule has 2 N–H and O–H groups in total. The van der Waals surface area contributed by atoms with Gasteiger partial charge in [0.2, 0.25) is 15.9 Å². The molecule has 7 rings (SSSR count). The highest BCUT2D eigenvalue weighted by Crippen LogP contribution is 2.46. The molecule has 3 fully saturated rings. The molecule has 0 radical (unpaired) electrons. The average Bonchev–Trinajstić information content (AvgIpc) is 4.01. The van der Waals surface area contributed by atoms with Crippen molar-refractivity contribution in [1.82, 2.24) is 24.8 Å². The quantitative estimate of drug-likeness (QED) is 0.338. The molecule has 4 atom stereocenters. The number of hydrogen-bond acceptors (Lipinski definition) is 8.